The molecule has 0 saturated heterocycles. The van der Waals surface area contributed by atoms with Crippen LogP contribution in [0.1, 0.15) is 31.4 Å². The Labute approximate surface area is 131 Å². The van der Waals surface area contributed by atoms with Crippen LogP contribution in [0.15, 0.2) is 42.5 Å². The van der Waals surface area contributed by atoms with Gasteiger partial charge in [-0.25, -0.2) is 0 Å². The summed E-state index contributed by atoms with van der Waals surface area (Å²) in [7, 11) is -1.09. The molecule has 0 heterocycles. The highest BCUT2D eigenvalue weighted by Gasteiger charge is 2.19. The molecule has 1 aromatic rings. The predicted molar refractivity (Wildman–Crippen MR) is 95.4 cm³/mol. The van der Waals surface area contributed by atoms with Crippen LogP contribution in [0, 0.1) is 0 Å². The number of rotatable bonds is 9. The minimum absolute atomic E-state index is 0.0100. The van der Waals surface area contributed by atoms with E-state index in [1.807, 2.05) is 18.2 Å². The average molecular weight is 306 g/mol. The van der Waals surface area contributed by atoms with Gasteiger partial charge in [0.15, 0.2) is 0 Å². The maximum absolute atomic E-state index is 9.67. The molecule has 0 aliphatic heterocycles. The van der Waals surface area contributed by atoms with E-state index in [1.54, 1.807) is 0 Å². The van der Waals surface area contributed by atoms with Gasteiger partial charge >= 0.3 is 0 Å². The van der Waals surface area contributed by atoms with E-state index in [-0.39, 0.29) is 12.6 Å². The van der Waals surface area contributed by atoms with Crippen LogP contribution >= 0.6 is 0 Å². The van der Waals surface area contributed by atoms with Crippen LogP contribution in [-0.2, 0) is 0 Å². The second-order valence-corrected chi connectivity index (χ2v) is 12.6. The first-order valence-corrected chi connectivity index (χ1v) is 11.6. The summed E-state index contributed by atoms with van der Waals surface area (Å²) in [5.41, 5.74) is 2.49. The van der Waals surface area contributed by atoms with E-state index in [4.69, 9.17) is 0 Å². The van der Waals surface area contributed by atoms with Crippen molar-refractivity contribution in [1.82, 2.24) is 5.32 Å². The molecule has 1 rings (SSSR count). The summed E-state index contributed by atoms with van der Waals surface area (Å²) in [6, 6.07) is 11.7. The molecule has 0 spiro atoms. The smallest absolute Gasteiger partial charge is 0.0626 e. The molecule has 0 aliphatic carbocycles. The zero-order valence-corrected chi connectivity index (χ0v) is 15.0. The first-order valence-electron chi connectivity index (χ1n) is 7.94. The van der Waals surface area contributed by atoms with Gasteiger partial charge in [-0.15, -0.1) is 6.58 Å². The molecule has 0 saturated carbocycles. The average Bonchev–Trinajstić information content (AvgIpc) is 2.42. The fraction of sp³-hybridized carbons (Fsp3) is 0.556. The van der Waals surface area contributed by atoms with Crippen LogP contribution in [0.5, 0.6) is 0 Å². The minimum atomic E-state index is -1.09. The summed E-state index contributed by atoms with van der Waals surface area (Å²) < 4.78 is 0. The zero-order valence-electron chi connectivity index (χ0n) is 14.0. The van der Waals surface area contributed by atoms with E-state index in [0.29, 0.717) is 6.04 Å². The molecule has 0 aromatic heterocycles. The Balaban J connectivity index is 2.62. The number of benzene rings is 1. The molecule has 1 aromatic carbocycles. The molecule has 0 bridgehead atoms. The zero-order chi connectivity index (χ0) is 15.9. The molecule has 118 valence electrons. The SMILES string of the molecule is C=C(C[C@@H](CC)N[C@H](CO)c1ccccc1)C[Si](C)(C)C. The van der Waals surface area contributed by atoms with Crippen molar-refractivity contribution in [2.45, 2.75) is 57.5 Å². The van der Waals surface area contributed by atoms with Crippen LogP contribution in [0.2, 0.25) is 25.7 Å². The van der Waals surface area contributed by atoms with Gasteiger partial charge in [-0.05, 0) is 24.4 Å². The Hall–Kier alpha value is -0.903. The lowest BCUT2D eigenvalue weighted by atomic mass is 10.0. The van der Waals surface area contributed by atoms with Crippen molar-refractivity contribution in [2.24, 2.45) is 0 Å². The van der Waals surface area contributed by atoms with Crippen LogP contribution in [-0.4, -0.2) is 25.8 Å². The van der Waals surface area contributed by atoms with Gasteiger partial charge in [0.05, 0.1) is 12.6 Å². The maximum atomic E-state index is 9.67. The van der Waals surface area contributed by atoms with Crippen molar-refractivity contribution in [3.63, 3.8) is 0 Å². The van der Waals surface area contributed by atoms with E-state index in [0.717, 1.165) is 18.4 Å². The number of aliphatic hydroxyl groups is 1. The molecule has 0 fully saturated rings. The first-order chi connectivity index (χ1) is 9.85. The van der Waals surface area contributed by atoms with Crippen molar-refractivity contribution in [3.8, 4) is 0 Å². The normalized spacial score (nSPS) is 14.7. The van der Waals surface area contributed by atoms with Crippen LogP contribution in [0.4, 0.5) is 0 Å². The Morgan fingerprint density at radius 2 is 1.86 bits per heavy atom. The summed E-state index contributed by atoms with van der Waals surface area (Å²) in [4.78, 5) is 0. The molecule has 0 amide bonds. The molecule has 0 unspecified atom stereocenters. The Kier molecular flexibility index (Phi) is 7.36. The summed E-state index contributed by atoms with van der Waals surface area (Å²) >= 11 is 0. The standard InChI is InChI=1S/C18H31NOSi/c1-6-17(12-15(2)14-21(3,4)5)19-18(13-20)16-10-8-7-9-11-16/h7-11,17-20H,2,6,12-14H2,1,3-5H3/t17-,18-/m1/s1. The number of aliphatic hydroxyl groups excluding tert-OH is 1. The highest BCUT2D eigenvalue weighted by molar-refractivity contribution is 6.76. The monoisotopic (exact) mass is 305 g/mol. The molecule has 2 N–H and O–H groups in total. The van der Waals surface area contributed by atoms with Gasteiger partial charge in [-0.3, -0.25) is 0 Å². The summed E-state index contributed by atoms with van der Waals surface area (Å²) in [5, 5.41) is 13.3. The predicted octanol–water partition coefficient (Wildman–Crippen LogP) is 4.37. The molecular formula is C18H31NOSi. The van der Waals surface area contributed by atoms with Crippen molar-refractivity contribution in [3.05, 3.63) is 48.0 Å². The number of nitrogens with one attached hydrogen (secondary N) is 1. The molecule has 21 heavy (non-hydrogen) atoms. The molecule has 3 heteroatoms. The molecule has 0 aliphatic rings. The van der Waals surface area contributed by atoms with Gasteiger partial charge in [0.1, 0.15) is 0 Å². The fourth-order valence-corrected chi connectivity index (χ4v) is 4.36. The topological polar surface area (TPSA) is 32.3 Å². The van der Waals surface area contributed by atoms with E-state index in [2.05, 4.69) is 50.6 Å². The van der Waals surface area contributed by atoms with Crippen LogP contribution in [0.3, 0.4) is 0 Å². The van der Waals surface area contributed by atoms with Crippen molar-refractivity contribution >= 4 is 8.07 Å². The van der Waals surface area contributed by atoms with E-state index in [1.165, 1.54) is 11.6 Å². The third-order valence-electron chi connectivity index (χ3n) is 3.63. The lowest BCUT2D eigenvalue weighted by molar-refractivity contribution is 0.231. The van der Waals surface area contributed by atoms with Crippen LogP contribution < -0.4 is 5.32 Å². The summed E-state index contributed by atoms with van der Waals surface area (Å²) in [6.07, 6.45) is 2.05. The van der Waals surface area contributed by atoms with Gasteiger partial charge < -0.3 is 10.4 Å². The van der Waals surface area contributed by atoms with Crippen LogP contribution in [0.25, 0.3) is 0 Å². The molecule has 0 radical (unpaired) electrons. The van der Waals surface area contributed by atoms with Crippen molar-refractivity contribution < 1.29 is 5.11 Å². The first kappa shape index (κ1) is 18.1. The van der Waals surface area contributed by atoms with Gasteiger partial charge in [-0.2, -0.15) is 0 Å². The van der Waals surface area contributed by atoms with E-state index >= 15 is 0 Å². The van der Waals surface area contributed by atoms with Gasteiger partial charge in [-0.1, -0.05) is 62.5 Å². The van der Waals surface area contributed by atoms with Gasteiger partial charge in [0.2, 0.25) is 0 Å². The van der Waals surface area contributed by atoms with Crippen molar-refractivity contribution in [2.75, 3.05) is 6.61 Å². The minimum Gasteiger partial charge on any atom is -0.394 e. The third-order valence-corrected chi connectivity index (χ3v) is 5.19. The Bertz CT molecular complexity index is 425. The summed E-state index contributed by atoms with van der Waals surface area (Å²) in [6.45, 7) is 13.7. The molecule has 2 atom stereocenters. The third kappa shape index (κ3) is 7.07. The Morgan fingerprint density at radius 1 is 1.24 bits per heavy atom. The highest BCUT2D eigenvalue weighted by Crippen LogP contribution is 2.21. The summed E-state index contributed by atoms with van der Waals surface area (Å²) in [5.74, 6) is 0. The van der Waals surface area contributed by atoms with E-state index < -0.39 is 8.07 Å². The fourth-order valence-electron chi connectivity index (χ4n) is 2.72. The maximum Gasteiger partial charge on any atom is 0.0626 e. The molecular weight excluding hydrogens is 274 g/mol. The second-order valence-electron chi connectivity index (χ2n) is 7.11. The largest absolute Gasteiger partial charge is 0.394 e. The number of hydrogen-bond donors (Lipinski definition) is 2. The van der Waals surface area contributed by atoms with E-state index in [9.17, 15) is 5.11 Å². The van der Waals surface area contributed by atoms with Crippen molar-refractivity contribution in [1.29, 1.82) is 0 Å². The van der Waals surface area contributed by atoms with Gasteiger partial charge in [0.25, 0.3) is 0 Å². The Morgan fingerprint density at radius 3 is 2.33 bits per heavy atom. The van der Waals surface area contributed by atoms with Gasteiger partial charge in [0, 0.05) is 14.1 Å². The molecule has 2 nitrogen and oxygen atoms in total. The quantitative estimate of drug-likeness (QED) is 0.524. The lowest BCUT2D eigenvalue weighted by Gasteiger charge is -2.26. The highest BCUT2D eigenvalue weighted by atomic mass is 28.3. The second kappa shape index (κ2) is 8.52. The lowest BCUT2D eigenvalue weighted by Crippen LogP contribution is -2.35. The number of hydrogen-bond acceptors (Lipinski definition) is 2.